The predicted molar refractivity (Wildman–Crippen MR) is 90.6 cm³/mol. The molecular formula is C18H30N2O. The number of aryl methyl sites for hydroxylation is 2. The van der Waals surface area contributed by atoms with Crippen LogP contribution in [0.3, 0.4) is 0 Å². The Bertz CT molecular complexity index is 430. The molecule has 3 heteroatoms. The van der Waals surface area contributed by atoms with Crippen molar-refractivity contribution in [2.24, 2.45) is 11.7 Å². The second-order valence-electron chi connectivity index (χ2n) is 6.07. The molecule has 0 aliphatic heterocycles. The molecule has 0 bridgehead atoms. The molecule has 118 valence electrons. The smallest absolute Gasteiger partial charge is 0.226 e. The summed E-state index contributed by atoms with van der Waals surface area (Å²) in [4.78, 5) is 14.2. The van der Waals surface area contributed by atoms with Crippen molar-refractivity contribution in [1.29, 1.82) is 0 Å². The van der Waals surface area contributed by atoms with Gasteiger partial charge < -0.3 is 10.6 Å². The van der Waals surface area contributed by atoms with Crippen LogP contribution < -0.4 is 10.6 Å². The summed E-state index contributed by atoms with van der Waals surface area (Å²) < 4.78 is 0. The summed E-state index contributed by atoms with van der Waals surface area (Å²) in [6.07, 6.45) is 4.89. The third kappa shape index (κ3) is 5.88. The van der Waals surface area contributed by atoms with Crippen LogP contribution in [0.5, 0.6) is 0 Å². The number of hydrogen-bond donors (Lipinski definition) is 1. The molecule has 3 nitrogen and oxygen atoms in total. The van der Waals surface area contributed by atoms with E-state index in [1.165, 1.54) is 11.1 Å². The van der Waals surface area contributed by atoms with Crippen molar-refractivity contribution in [3.05, 3.63) is 29.3 Å². The Morgan fingerprint density at radius 3 is 2.29 bits per heavy atom. The van der Waals surface area contributed by atoms with Gasteiger partial charge in [-0.05, 0) is 62.4 Å². The van der Waals surface area contributed by atoms with E-state index in [1.54, 1.807) is 4.90 Å². The van der Waals surface area contributed by atoms with E-state index in [4.69, 9.17) is 5.73 Å². The number of anilines is 1. The normalized spacial score (nSPS) is 12.2. The maximum Gasteiger partial charge on any atom is 0.226 e. The molecule has 1 rings (SSSR count). The second-order valence-corrected chi connectivity index (χ2v) is 6.07. The largest absolute Gasteiger partial charge is 0.330 e. The summed E-state index contributed by atoms with van der Waals surface area (Å²) >= 11 is 0. The number of nitrogens with two attached hydrogens (primary N) is 1. The van der Waals surface area contributed by atoms with Gasteiger partial charge in [-0.1, -0.05) is 25.8 Å². The van der Waals surface area contributed by atoms with Crippen LogP contribution in [-0.4, -0.2) is 19.5 Å². The first-order chi connectivity index (χ1) is 9.97. The first kappa shape index (κ1) is 17.7. The Balaban J connectivity index is 2.61. The van der Waals surface area contributed by atoms with Crippen molar-refractivity contribution in [2.45, 2.75) is 52.9 Å². The van der Waals surface area contributed by atoms with Gasteiger partial charge >= 0.3 is 0 Å². The lowest BCUT2D eigenvalue weighted by Crippen LogP contribution is -2.26. The molecule has 0 radical (unpaired) electrons. The van der Waals surface area contributed by atoms with Crippen molar-refractivity contribution in [2.75, 3.05) is 18.5 Å². The minimum absolute atomic E-state index is 0.193. The molecule has 0 saturated heterocycles. The fourth-order valence-electron chi connectivity index (χ4n) is 2.86. The molecule has 2 N–H and O–H groups in total. The number of carbonyl (C=O) groups is 1. The van der Waals surface area contributed by atoms with Gasteiger partial charge in [0.05, 0.1) is 0 Å². The van der Waals surface area contributed by atoms with E-state index in [0.717, 1.165) is 31.4 Å². The average molecular weight is 290 g/mol. The molecule has 1 aromatic rings. The van der Waals surface area contributed by atoms with Crippen LogP contribution in [0.2, 0.25) is 0 Å². The van der Waals surface area contributed by atoms with Crippen molar-refractivity contribution >= 4 is 11.6 Å². The first-order valence-electron chi connectivity index (χ1n) is 8.02. The molecule has 0 aromatic heterocycles. The zero-order valence-electron chi connectivity index (χ0n) is 14.0. The first-order valence-corrected chi connectivity index (χ1v) is 8.02. The van der Waals surface area contributed by atoms with Crippen LogP contribution in [0.4, 0.5) is 5.69 Å². The molecule has 21 heavy (non-hydrogen) atoms. The van der Waals surface area contributed by atoms with Gasteiger partial charge in [0.15, 0.2) is 0 Å². The van der Waals surface area contributed by atoms with Gasteiger partial charge in [-0.25, -0.2) is 0 Å². The highest BCUT2D eigenvalue weighted by Crippen LogP contribution is 2.21. The number of hydrogen-bond acceptors (Lipinski definition) is 2. The Kier molecular flexibility index (Phi) is 7.44. The topological polar surface area (TPSA) is 46.3 Å². The summed E-state index contributed by atoms with van der Waals surface area (Å²) in [5.74, 6) is 0.773. The molecule has 0 heterocycles. The van der Waals surface area contributed by atoms with Crippen LogP contribution >= 0.6 is 0 Å². The van der Waals surface area contributed by atoms with E-state index >= 15 is 0 Å². The predicted octanol–water partition coefficient (Wildman–Crippen LogP) is 3.81. The Morgan fingerprint density at radius 2 is 1.76 bits per heavy atom. The quantitative estimate of drug-likeness (QED) is 0.791. The highest BCUT2D eigenvalue weighted by Gasteiger charge is 2.14. The van der Waals surface area contributed by atoms with Crippen LogP contribution in [0.15, 0.2) is 18.2 Å². The van der Waals surface area contributed by atoms with Crippen molar-refractivity contribution in [3.63, 3.8) is 0 Å². The minimum Gasteiger partial charge on any atom is -0.330 e. The Morgan fingerprint density at radius 1 is 1.14 bits per heavy atom. The summed E-state index contributed by atoms with van der Waals surface area (Å²) in [5, 5.41) is 0. The lowest BCUT2D eigenvalue weighted by atomic mass is 9.94. The molecular weight excluding hydrogens is 260 g/mol. The van der Waals surface area contributed by atoms with E-state index < -0.39 is 0 Å². The third-order valence-electron chi connectivity index (χ3n) is 4.01. The van der Waals surface area contributed by atoms with Gasteiger partial charge in [-0.2, -0.15) is 0 Å². The van der Waals surface area contributed by atoms with Crippen molar-refractivity contribution in [3.8, 4) is 0 Å². The van der Waals surface area contributed by atoms with Crippen LogP contribution in [0.25, 0.3) is 0 Å². The maximum absolute atomic E-state index is 12.4. The molecule has 1 aromatic carbocycles. The fourth-order valence-corrected chi connectivity index (χ4v) is 2.86. The second kappa shape index (κ2) is 8.83. The summed E-state index contributed by atoms with van der Waals surface area (Å²) in [6.45, 7) is 7.03. The molecule has 0 fully saturated rings. The van der Waals surface area contributed by atoms with E-state index in [9.17, 15) is 4.79 Å². The average Bonchev–Trinajstić information content (AvgIpc) is 2.43. The van der Waals surface area contributed by atoms with Crippen LogP contribution in [0.1, 0.15) is 50.2 Å². The lowest BCUT2D eigenvalue weighted by molar-refractivity contribution is -0.118. The highest BCUT2D eigenvalue weighted by molar-refractivity contribution is 5.92. The molecule has 1 unspecified atom stereocenters. The Hall–Kier alpha value is -1.35. The number of nitrogens with zero attached hydrogens (tertiary/aromatic N) is 1. The molecule has 0 saturated carbocycles. The van der Waals surface area contributed by atoms with Gasteiger partial charge in [0.1, 0.15) is 0 Å². The Labute approximate surface area is 129 Å². The number of amides is 1. The molecule has 1 amide bonds. The fraction of sp³-hybridized carbons (Fsp3) is 0.611. The third-order valence-corrected chi connectivity index (χ3v) is 4.01. The summed E-state index contributed by atoms with van der Waals surface area (Å²) in [7, 11) is 1.87. The van der Waals surface area contributed by atoms with Gasteiger partial charge in [0.25, 0.3) is 0 Å². The zero-order valence-corrected chi connectivity index (χ0v) is 14.0. The minimum atomic E-state index is 0.193. The maximum atomic E-state index is 12.4. The van der Waals surface area contributed by atoms with Gasteiger partial charge in [0, 0.05) is 19.2 Å². The standard InChI is InChI=1S/C18H30N2O/c1-5-6-16(9-10-19)7-8-18(21)20(4)17-12-14(2)11-15(3)13-17/h11-13,16H,5-10,19H2,1-4H3. The number of benzene rings is 1. The van der Waals surface area contributed by atoms with Gasteiger partial charge in [-0.3, -0.25) is 4.79 Å². The van der Waals surface area contributed by atoms with Crippen molar-refractivity contribution in [1.82, 2.24) is 0 Å². The molecule has 0 aliphatic rings. The van der Waals surface area contributed by atoms with Gasteiger partial charge in [-0.15, -0.1) is 0 Å². The number of rotatable bonds is 8. The number of carbonyl (C=O) groups excluding carboxylic acids is 1. The highest BCUT2D eigenvalue weighted by atomic mass is 16.2. The summed E-state index contributed by atoms with van der Waals surface area (Å²) in [6, 6.07) is 6.25. The van der Waals surface area contributed by atoms with Crippen LogP contribution in [0, 0.1) is 19.8 Å². The van der Waals surface area contributed by atoms with Gasteiger partial charge in [0.2, 0.25) is 5.91 Å². The molecule has 0 spiro atoms. The van der Waals surface area contributed by atoms with Crippen LogP contribution in [-0.2, 0) is 4.79 Å². The molecule has 1 atom stereocenters. The lowest BCUT2D eigenvalue weighted by Gasteiger charge is -2.20. The van der Waals surface area contributed by atoms with E-state index in [1.807, 2.05) is 7.05 Å². The monoisotopic (exact) mass is 290 g/mol. The molecule has 0 aliphatic carbocycles. The van der Waals surface area contributed by atoms with E-state index in [2.05, 4.69) is 39.0 Å². The van der Waals surface area contributed by atoms with E-state index in [0.29, 0.717) is 18.9 Å². The zero-order chi connectivity index (χ0) is 15.8. The SMILES string of the molecule is CCCC(CCN)CCC(=O)N(C)c1cc(C)cc(C)c1. The summed E-state index contributed by atoms with van der Waals surface area (Å²) in [5.41, 5.74) is 9.03. The van der Waals surface area contributed by atoms with E-state index in [-0.39, 0.29) is 5.91 Å². The van der Waals surface area contributed by atoms with Crippen molar-refractivity contribution < 1.29 is 4.79 Å².